The largest absolute Gasteiger partial charge is 0.468 e. The Bertz CT molecular complexity index is 985. The summed E-state index contributed by atoms with van der Waals surface area (Å²) in [6.07, 6.45) is 0.273. The van der Waals surface area contributed by atoms with Crippen LogP contribution in [0, 0.1) is 0 Å². The lowest BCUT2D eigenvalue weighted by Gasteiger charge is -2.18. The van der Waals surface area contributed by atoms with Gasteiger partial charge in [-0.3, -0.25) is 5.32 Å². The quantitative estimate of drug-likeness (QED) is 0.691. The molecular weight excluding hydrogens is 372 g/mol. The van der Waals surface area contributed by atoms with Gasteiger partial charge in [-0.25, -0.2) is 4.79 Å². The van der Waals surface area contributed by atoms with Crippen molar-refractivity contribution in [3.63, 3.8) is 0 Å². The standard InChI is InChI=1S/C22H22N2O5/c25-22(24-17-9-3-6-14-5-1-2-8-16(14)17)29-19-13-28-20-18(12-27-21(19)20)23-11-15-7-4-10-26-15/h1-10,18-21,23H,11-13H2,(H,24,25)/t18-,19+,20+,21+/m0/s1. The molecule has 2 N–H and O–H groups in total. The van der Waals surface area contributed by atoms with E-state index < -0.39 is 12.2 Å². The van der Waals surface area contributed by atoms with Crippen LogP contribution in [0.5, 0.6) is 0 Å². The summed E-state index contributed by atoms with van der Waals surface area (Å²) in [5.74, 6) is 0.855. The summed E-state index contributed by atoms with van der Waals surface area (Å²) in [5.41, 5.74) is 0.717. The van der Waals surface area contributed by atoms with Gasteiger partial charge in [0.2, 0.25) is 0 Å². The molecule has 0 aliphatic carbocycles. The Hall–Kier alpha value is -2.87. The highest BCUT2D eigenvalue weighted by Crippen LogP contribution is 2.30. The summed E-state index contributed by atoms with van der Waals surface area (Å²) in [7, 11) is 0. The number of carbonyl (C=O) groups excluding carboxylic acids is 1. The van der Waals surface area contributed by atoms with Gasteiger partial charge in [0.1, 0.15) is 18.0 Å². The minimum atomic E-state index is -0.508. The van der Waals surface area contributed by atoms with Gasteiger partial charge in [-0.2, -0.15) is 0 Å². The molecule has 1 aromatic heterocycles. The lowest BCUT2D eigenvalue weighted by Crippen LogP contribution is -2.41. The lowest BCUT2D eigenvalue weighted by molar-refractivity contribution is 0.00853. The second-order valence-corrected chi connectivity index (χ2v) is 7.26. The van der Waals surface area contributed by atoms with Crippen LogP contribution in [0.4, 0.5) is 10.5 Å². The summed E-state index contributed by atoms with van der Waals surface area (Å²) < 4.78 is 22.7. The Morgan fingerprint density at radius 3 is 2.76 bits per heavy atom. The normalized spacial score (nSPS) is 25.8. The Morgan fingerprint density at radius 2 is 1.86 bits per heavy atom. The fourth-order valence-corrected chi connectivity index (χ4v) is 4.00. The predicted molar refractivity (Wildman–Crippen MR) is 107 cm³/mol. The second kappa shape index (κ2) is 7.87. The van der Waals surface area contributed by atoms with Gasteiger partial charge >= 0.3 is 6.09 Å². The molecule has 4 atom stereocenters. The van der Waals surface area contributed by atoms with Crippen molar-refractivity contribution in [1.82, 2.24) is 5.32 Å². The molecule has 0 spiro atoms. The number of nitrogens with one attached hydrogen (secondary N) is 2. The van der Waals surface area contributed by atoms with Gasteiger partial charge in [-0.15, -0.1) is 0 Å². The summed E-state index contributed by atoms with van der Waals surface area (Å²) in [6.45, 7) is 1.42. The highest BCUT2D eigenvalue weighted by Gasteiger charge is 2.49. The average molecular weight is 394 g/mol. The summed E-state index contributed by atoms with van der Waals surface area (Å²) in [4.78, 5) is 12.5. The Morgan fingerprint density at radius 1 is 1.00 bits per heavy atom. The number of hydrogen-bond acceptors (Lipinski definition) is 6. The van der Waals surface area contributed by atoms with Crippen molar-refractivity contribution in [2.24, 2.45) is 0 Å². The topological polar surface area (TPSA) is 82.0 Å². The Kier molecular flexibility index (Phi) is 4.93. The molecule has 2 aromatic carbocycles. The fraction of sp³-hybridized carbons (Fsp3) is 0.318. The van der Waals surface area contributed by atoms with E-state index >= 15 is 0 Å². The minimum absolute atomic E-state index is 0.0276. The van der Waals surface area contributed by atoms with E-state index in [1.807, 2.05) is 54.6 Å². The van der Waals surface area contributed by atoms with Crippen molar-refractivity contribution in [2.45, 2.75) is 30.9 Å². The first kappa shape index (κ1) is 18.2. The smallest absolute Gasteiger partial charge is 0.412 e. The molecular formula is C22H22N2O5. The van der Waals surface area contributed by atoms with Crippen LogP contribution in [-0.2, 0) is 20.8 Å². The zero-order valence-corrected chi connectivity index (χ0v) is 15.7. The van der Waals surface area contributed by atoms with Crippen LogP contribution in [-0.4, -0.2) is 43.7 Å². The third-order valence-electron chi connectivity index (χ3n) is 5.41. The molecule has 1 amide bonds. The van der Waals surface area contributed by atoms with E-state index in [9.17, 15) is 4.79 Å². The molecule has 3 heterocycles. The van der Waals surface area contributed by atoms with Crippen molar-refractivity contribution in [3.8, 4) is 0 Å². The van der Waals surface area contributed by atoms with Crippen molar-refractivity contribution in [3.05, 3.63) is 66.6 Å². The molecule has 0 bridgehead atoms. The summed E-state index contributed by atoms with van der Waals surface area (Å²) in [5, 5.41) is 8.26. The minimum Gasteiger partial charge on any atom is -0.468 e. The van der Waals surface area contributed by atoms with E-state index in [2.05, 4.69) is 10.6 Å². The third kappa shape index (κ3) is 3.72. The summed E-state index contributed by atoms with van der Waals surface area (Å²) in [6, 6.07) is 17.4. The van der Waals surface area contributed by atoms with E-state index in [1.165, 1.54) is 0 Å². The molecule has 150 valence electrons. The number of rotatable bonds is 5. The number of carbonyl (C=O) groups is 1. The molecule has 7 heteroatoms. The van der Waals surface area contributed by atoms with Gasteiger partial charge in [0.15, 0.2) is 6.10 Å². The molecule has 5 rings (SSSR count). The van der Waals surface area contributed by atoms with Gasteiger partial charge in [0.25, 0.3) is 0 Å². The van der Waals surface area contributed by atoms with Crippen molar-refractivity contribution < 1.29 is 23.4 Å². The maximum Gasteiger partial charge on any atom is 0.412 e. The van der Waals surface area contributed by atoms with Gasteiger partial charge in [0.05, 0.1) is 37.8 Å². The number of benzene rings is 2. The number of fused-ring (bicyclic) bond motifs is 2. The molecule has 2 aliphatic rings. The monoisotopic (exact) mass is 394 g/mol. The molecule has 0 unspecified atom stereocenters. The Labute approximate surface area is 167 Å². The first-order chi connectivity index (χ1) is 14.3. The van der Waals surface area contributed by atoms with Crippen LogP contribution in [0.15, 0.2) is 65.3 Å². The third-order valence-corrected chi connectivity index (χ3v) is 5.41. The van der Waals surface area contributed by atoms with E-state index in [1.54, 1.807) is 6.26 Å². The van der Waals surface area contributed by atoms with Crippen LogP contribution >= 0.6 is 0 Å². The van der Waals surface area contributed by atoms with Gasteiger partial charge in [0, 0.05) is 5.39 Å². The SMILES string of the molecule is O=C(Nc1cccc2ccccc12)O[C@@H]1CO[C@H]2[C@@H]1OC[C@@H]2NCc1ccco1. The van der Waals surface area contributed by atoms with Crippen LogP contribution in [0.3, 0.4) is 0 Å². The molecule has 3 aromatic rings. The number of anilines is 1. The molecule has 2 aliphatic heterocycles. The van der Waals surface area contributed by atoms with Gasteiger partial charge in [-0.1, -0.05) is 36.4 Å². The zero-order chi connectivity index (χ0) is 19.6. The Balaban J connectivity index is 1.19. The summed E-state index contributed by atoms with van der Waals surface area (Å²) >= 11 is 0. The molecule has 7 nitrogen and oxygen atoms in total. The number of amides is 1. The van der Waals surface area contributed by atoms with Crippen LogP contribution in [0.1, 0.15) is 5.76 Å². The van der Waals surface area contributed by atoms with Crippen LogP contribution in [0.25, 0.3) is 10.8 Å². The zero-order valence-electron chi connectivity index (χ0n) is 15.7. The average Bonchev–Trinajstić information content (AvgIpc) is 3.46. The van der Waals surface area contributed by atoms with E-state index in [0.717, 1.165) is 16.5 Å². The van der Waals surface area contributed by atoms with Crippen molar-refractivity contribution >= 4 is 22.6 Å². The van der Waals surface area contributed by atoms with Crippen molar-refractivity contribution in [2.75, 3.05) is 18.5 Å². The van der Waals surface area contributed by atoms with Crippen LogP contribution < -0.4 is 10.6 Å². The highest BCUT2D eigenvalue weighted by atomic mass is 16.6. The van der Waals surface area contributed by atoms with Crippen molar-refractivity contribution in [1.29, 1.82) is 0 Å². The van der Waals surface area contributed by atoms with E-state index in [-0.39, 0.29) is 18.2 Å². The number of hydrogen-bond donors (Lipinski definition) is 2. The molecule has 0 saturated carbocycles. The first-order valence-electron chi connectivity index (χ1n) is 9.72. The van der Waals surface area contributed by atoms with E-state index in [0.29, 0.717) is 25.4 Å². The second-order valence-electron chi connectivity index (χ2n) is 7.26. The van der Waals surface area contributed by atoms with Crippen LogP contribution in [0.2, 0.25) is 0 Å². The van der Waals surface area contributed by atoms with Gasteiger partial charge < -0.3 is 23.9 Å². The fourth-order valence-electron chi connectivity index (χ4n) is 4.00. The molecule has 29 heavy (non-hydrogen) atoms. The number of ether oxygens (including phenoxy) is 3. The molecule has 0 radical (unpaired) electrons. The maximum atomic E-state index is 12.5. The first-order valence-corrected chi connectivity index (χ1v) is 9.72. The van der Waals surface area contributed by atoms with Gasteiger partial charge in [-0.05, 0) is 23.6 Å². The lowest BCUT2D eigenvalue weighted by atomic mass is 10.1. The molecule has 2 fully saturated rings. The molecule has 2 saturated heterocycles. The van der Waals surface area contributed by atoms with E-state index in [4.69, 9.17) is 18.6 Å². The predicted octanol–water partition coefficient (Wildman–Crippen LogP) is 3.31. The maximum absolute atomic E-state index is 12.5. The highest BCUT2D eigenvalue weighted by molar-refractivity contribution is 6.00. The number of furan rings is 1.